The number of carbonyl (C=O) groups excluding carboxylic acids is 1. The van der Waals surface area contributed by atoms with Crippen LogP contribution in [0.2, 0.25) is 0 Å². The van der Waals surface area contributed by atoms with Gasteiger partial charge in [0.25, 0.3) is 5.69 Å². The molecule has 0 bridgehead atoms. The lowest BCUT2D eigenvalue weighted by atomic mass is 9.95. The highest BCUT2D eigenvalue weighted by Crippen LogP contribution is 2.37. The van der Waals surface area contributed by atoms with Gasteiger partial charge in [0.2, 0.25) is 11.9 Å². The number of aromatic nitrogens is 3. The van der Waals surface area contributed by atoms with Crippen LogP contribution in [0.25, 0.3) is 11.4 Å². The zero-order chi connectivity index (χ0) is 23.0. The molecule has 1 atom stereocenters. The fourth-order valence-electron chi connectivity index (χ4n) is 3.65. The van der Waals surface area contributed by atoms with Crippen molar-refractivity contribution in [2.24, 2.45) is 5.73 Å². The maximum atomic E-state index is 12.3. The number of nitro groups is 1. The van der Waals surface area contributed by atoms with Crippen LogP contribution in [0.15, 0.2) is 53.7 Å². The summed E-state index contributed by atoms with van der Waals surface area (Å²) in [4.78, 5) is 27.4. The molecule has 2 aromatic carbocycles. The fraction of sp³-hybridized carbons (Fsp3) is 0.190. The van der Waals surface area contributed by atoms with Gasteiger partial charge in [0.1, 0.15) is 6.04 Å². The van der Waals surface area contributed by atoms with E-state index in [1.165, 1.54) is 19.2 Å². The summed E-state index contributed by atoms with van der Waals surface area (Å²) in [6, 6.07) is 10.5. The van der Waals surface area contributed by atoms with Crippen LogP contribution in [0.3, 0.4) is 0 Å². The van der Waals surface area contributed by atoms with E-state index >= 15 is 0 Å². The van der Waals surface area contributed by atoms with Crippen molar-refractivity contribution in [2.75, 3.05) is 19.5 Å². The predicted octanol–water partition coefficient (Wildman–Crippen LogP) is 2.64. The van der Waals surface area contributed by atoms with Crippen LogP contribution in [-0.4, -0.2) is 39.8 Å². The number of nitrogens with one attached hydrogen (secondary N) is 1. The molecule has 1 aliphatic rings. The van der Waals surface area contributed by atoms with Crippen LogP contribution in [-0.2, 0) is 4.79 Å². The number of amides is 1. The van der Waals surface area contributed by atoms with Gasteiger partial charge in [-0.3, -0.25) is 14.9 Å². The second-order valence-corrected chi connectivity index (χ2v) is 7.05. The number of anilines is 1. The fourth-order valence-corrected chi connectivity index (χ4v) is 3.65. The topological polar surface area (TPSA) is 147 Å². The smallest absolute Gasteiger partial charge is 0.269 e. The lowest BCUT2D eigenvalue weighted by Gasteiger charge is -2.27. The van der Waals surface area contributed by atoms with Crippen molar-refractivity contribution in [3.8, 4) is 22.9 Å². The number of benzene rings is 2. The molecule has 11 nitrogen and oxygen atoms in total. The Labute approximate surface area is 182 Å². The molecule has 3 N–H and O–H groups in total. The van der Waals surface area contributed by atoms with Crippen LogP contribution >= 0.6 is 0 Å². The second kappa shape index (κ2) is 8.02. The molecule has 4 rings (SSSR count). The van der Waals surface area contributed by atoms with Crippen molar-refractivity contribution in [3.05, 3.63) is 69.4 Å². The monoisotopic (exact) mass is 436 g/mol. The van der Waals surface area contributed by atoms with Crippen LogP contribution in [0.5, 0.6) is 11.5 Å². The average Bonchev–Trinajstić information content (AvgIpc) is 3.21. The maximum absolute atomic E-state index is 12.3. The molecule has 1 unspecified atom stereocenters. The zero-order valence-corrected chi connectivity index (χ0v) is 17.5. The third kappa shape index (κ3) is 3.49. The van der Waals surface area contributed by atoms with Crippen molar-refractivity contribution < 1.29 is 19.2 Å². The van der Waals surface area contributed by atoms with E-state index in [0.717, 1.165) is 0 Å². The van der Waals surface area contributed by atoms with Crippen LogP contribution in [0, 0.1) is 10.1 Å². The van der Waals surface area contributed by atoms with Crippen LogP contribution in [0.4, 0.5) is 11.6 Å². The van der Waals surface area contributed by atoms with Crippen molar-refractivity contribution in [2.45, 2.75) is 13.0 Å². The van der Waals surface area contributed by atoms with E-state index in [4.69, 9.17) is 15.2 Å². The molecule has 32 heavy (non-hydrogen) atoms. The number of allylic oxidation sites excluding steroid dienone is 1. The second-order valence-electron chi connectivity index (χ2n) is 7.05. The van der Waals surface area contributed by atoms with Crippen molar-refractivity contribution in [1.29, 1.82) is 0 Å². The molecule has 1 aliphatic heterocycles. The van der Waals surface area contributed by atoms with Gasteiger partial charge < -0.3 is 20.5 Å². The molecule has 0 aliphatic carbocycles. The number of fused-ring (bicyclic) bond motifs is 1. The first-order chi connectivity index (χ1) is 15.3. The van der Waals surface area contributed by atoms with E-state index in [1.807, 2.05) is 0 Å². The third-order valence-corrected chi connectivity index (χ3v) is 5.18. The highest BCUT2D eigenvalue weighted by Gasteiger charge is 2.33. The lowest BCUT2D eigenvalue weighted by Crippen LogP contribution is -2.31. The molecular formula is C21H20N6O5. The third-order valence-electron chi connectivity index (χ3n) is 5.18. The summed E-state index contributed by atoms with van der Waals surface area (Å²) in [6.45, 7) is 1.72. The van der Waals surface area contributed by atoms with E-state index in [1.54, 1.807) is 49.0 Å². The Hall–Kier alpha value is -4.41. The van der Waals surface area contributed by atoms with E-state index in [2.05, 4.69) is 15.4 Å². The molecule has 0 fully saturated rings. The maximum Gasteiger partial charge on any atom is 0.269 e. The number of methoxy groups -OCH3 is 2. The molecule has 0 spiro atoms. The molecular weight excluding hydrogens is 416 g/mol. The van der Waals surface area contributed by atoms with E-state index in [-0.39, 0.29) is 11.3 Å². The number of ether oxygens (including phenoxy) is 2. The standard InChI is InChI=1S/C21H20N6O5/c1-11-17(19(22)28)18(12-4-7-14(8-5-12)27(29)30)26-21(23-11)24-20(25-26)13-6-9-15(31-2)16(10-13)32-3/h4-10,18H,1-3H3,(H2,22,28)(H,23,24,25). The quantitative estimate of drug-likeness (QED) is 0.443. The highest BCUT2D eigenvalue weighted by atomic mass is 16.6. The van der Waals surface area contributed by atoms with Crippen molar-refractivity contribution >= 4 is 17.5 Å². The summed E-state index contributed by atoms with van der Waals surface area (Å²) in [5.41, 5.74) is 7.70. The van der Waals surface area contributed by atoms with Crippen molar-refractivity contribution in [1.82, 2.24) is 14.8 Å². The van der Waals surface area contributed by atoms with Gasteiger partial charge in [0.15, 0.2) is 17.3 Å². The summed E-state index contributed by atoms with van der Waals surface area (Å²) < 4.78 is 12.2. The summed E-state index contributed by atoms with van der Waals surface area (Å²) in [5, 5.41) is 18.7. The number of carbonyl (C=O) groups is 1. The molecule has 11 heteroatoms. The molecule has 1 aromatic heterocycles. The Morgan fingerprint density at radius 1 is 1.16 bits per heavy atom. The summed E-state index contributed by atoms with van der Waals surface area (Å²) in [6.07, 6.45) is 0. The molecule has 1 amide bonds. The molecule has 164 valence electrons. The highest BCUT2D eigenvalue weighted by molar-refractivity contribution is 5.95. The molecule has 3 aromatic rings. The number of primary amides is 1. The van der Waals surface area contributed by atoms with E-state index in [9.17, 15) is 14.9 Å². The van der Waals surface area contributed by atoms with Crippen LogP contribution < -0.4 is 20.5 Å². The predicted molar refractivity (Wildman–Crippen MR) is 115 cm³/mol. The van der Waals surface area contributed by atoms with E-state index < -0.39 is 16.9 Å². The van der Waals surface area contributed by atoms with Gasteiger partial charge in [-0.05, 0) is 42.8 Å². The number of nitrogens with two attached hydrogens (primary N) is 1. The number of rotatable bonds is 6. The molecule has 2 heterocycles. The Bertz CT molecular complexity index is 1250. The SMILES string of the molecule is COc1ccc(-c2nc3n(n2)C(c2ccc([N+](=O)[O-])cc2)C(C(N)=O)=C(C)N3)cc1OC. The number of hydrogen-bond donors (Lipinski definition) is 2. The summed E-state index contributed by atoms with van der Waals surface area (Å²) in [5.74, 6) is 1.24. The number of hydrogen-bond acceptors (Lipinski definition) is 8. The van der Waals surface area contributed by atoms with Crippen molar-refractivity contribution in [3.63, 3.8) is 0 Å². The minimum absolute atomic E-state index is 0.0613. The largest absolute Gasteiger partial charge is 0.493 e. The average molecular weight is 436 g/mol. The Balaban J connectivity index is 1.83. The minimum Gasteiger partial charge on any atom is -0.493 e. The van der Waals surface area contributed by atoms with Gasteiger partial charge in [-0.2, -0.15) is 4.98 Å². The summed E-state index contributed by atoms with van der Waals surface area (Å²) >= 11 is 0. The van der Waals surface area contributed by atoms with Gasteiger partial charge in [-0.1, -0.05) is 0 Å². The first kappa shape index (κ1) is 20.8. The van der Waals surface area contributed by atoms with Gasteiger partial charge >= 0.3 is 0 Å². The lowest BCUT2D eigenvalue weighted by molar-refractivity contribution is -0.384. The van der Waals surface area contributed by atoms with Gasteiger partial charge in [-0.15, -0.1) is 5.10 Å². The van der Waals surface area contributed by atoms with Gasteiger partial charge in [0, 0.05) is 23.4 Å². The Morgan fingerprint density at radius 3 is 2.44 bits per heavy atom. The number of non-ortho nitro benzene ring substituents is 1. The Morgan fingerprint density at radius 2 is 1.84 bits per heavy atom. The Kier molecular flexibility index (Phi) is 5.23. The number of nitrogens with zero attached hydrogens (tertiary/aromatic N) is 4. The molecule has 0 saturated heterocycles. The minimum atomic E-state index is -0.703. The van der Waals surface area contributed by atoms with Gasteiger partial charge in [-0.25, -0.2) is 4.68 Å². The normalized spacial score (nSPS) is 15.0. The van der Waals surface area contributed by atoms with Gasteiger partial charge in [0.05, 0.1) is 24.7 Å². The zero-order valence-electron chi connectivity index (χ0n) is 17.5. The van der Waals surface area contributed by atoms with E-state index in [0.29, 0.717) is 40.1 Å². The van der Waals surface area contributed by atoms with Crippen LogP contribution in [0.1, 0.15) is 18.5 Å². The molecule has 0 saturated carbocycles. The summed E-state index contributed by atoms with van der Waals surface area (Å²) in [7, 11) is 3.08. The first-order valence-electron chi connectivity index (χ1n) is 9.55. The molecule has 0 radical (unpaired) electrons. The number of nitro benzene ring substituents is 1. The first-order valence-corrected chi connectivity index (χ1v) is 9.55.